The zero-order chi connectivity index (χ0) is 11.8. The molecule has 0 spiro atoms. The van der Waals surface area contributed by atoms with Crippen molar-refractivity contribution in [2.45, 2.75) is 38.7 Å². The molecule has 0 heterocycles. The molecule has 0 aliphatic carbocycles. The van der Waals surface area contributed by atoms with Crippen molar-refractivity contribution < 1.29 is 5.11 Å². The van der Waals surface area contributed by atoms with Crippen LogP contribution in [0.15, 0.2) is 43.0 Å². The van der Waals surface area contributed by atoms with E-state index in [-0.39, 0.29) is 5.92 Å². The van der Waals surface area contributed by atoms with Crippen molar-refractivity contribution in [2.75, 3.05) is 0 Å². The molecule has 0 amide bonds. The zero-order valence-electron chi connectivity index (χ0n) is 10.1. The molecule has 1 heteroatoms. The predicted octanol–water partition coefficient (Wildman–Crippen LogP) is 4.10. The maximum absolute atomic E-state index is 10.2. The third-order valence-electron chi connectivity index (χ3n) is 2.99. The average molecular weight is 218 g/mol. The minimum absolute atomic E-state index is 0.175. The van der Waals surface area contributed by atoms with Crippen LogP contribution in [0.5, 0.6) is 0 Å². The Bertz CT molecular complexity index is 292. The van der Waals surface area contributed by atoms with E-state index in [2.05, 4.69) is 13.5 Å². The van der Waals surface area contributed by atoms with Crippen molar-refractivity contribution >= 4 is 0 Å². The summed E-state index contributed by atoms with van der Waals surface area (Å²) in [5, 5.41) is 10.2. The zero-order valence-corrected chi connectivity index (χ0v) is 10.1. The van der Waals surface area contributed by atoms with Crippen LogP contribution in [0, 0.1) is 5.92 Å². The average Bonchev–Trinajstić information content (AvgIpc) is 2.35. The standard InChI is InChI=1S/C15H22O/c1-3-5-7-10-13(4-2)15(16)14-11-8-6-9-12-14/h4,6,8-9,11-13,15-16H,2-3,5,7,10H2,1H3. The van der Waals surface area contributed by atoms with Crippen LogP contribution < -0.4 is 0 Å². The summed E-state index contributed by atoms with van der Waals surface area (Å²) >= 11 is 0. The topological polar surface area (TPSA) is 20.2 Å². The Hall–Kier alpha value is -1.08. The van der Waals surface area contributed by atoms with E-state index in [0.29, 0.717) is 0 Å². The SMILES string of the molecule is C=CC(CCCCC)C(O)c1ccccc1. The molecule has 1 N–H and O–H groups in total. The second-order valence-corrected chi connectivity index (χ2v) is 4.25. The monoisotopic (exact) mass is 218 g/mol. The molecule has 1 rings (SSSR count). The third-order valence-corrected chi connectivity index (χ3v) is 2.99. The van der Waals surface area contributed by atoms with Gasteiger partial charge in [0, 0.05) is 5.92 Å². The molecule has 1 aromatic rings. The van der Waals surface area contributed by atoms with Crippen molar-refractivity contribution in [3.63, 3.8) is 0 Å². The second-order valence-electron chi connectivity index (χ2n) is 4.25. The van der Waals surface area contributed by atoms with Crippen LogP contribution in [0.25, 0.3) is 0 Å². The highest BCUT2D eigenvalue weighted by molar-refractivity contribution is 5.19. The quantitative estimate of drug-likeness (QED) is 0.539. The van der Waals surface area contributed by atoms with Gasteiger partial charge in [0.1, 0.15) is 0 Å². The maximum Gasteiger partial charge on any atom is 0.0852 e. The molecular formula is C15H22O. The van der Waals surface area contributed by atoms with Gasteiger partial charge >= 0.3 is 0 Å². The van der Waals surface area contributed by atoms with Crippen molar-refractivity contribution in [1.82, 2.24) is 0 Å². The molecular weight excluding hydrogens is 196 g/mol. The number of aliphatic hydroxyl groups is 1. The van der Waals surface area contributed by atoms with Gasteiger partial charge in [-0.3, -0.25) is 0 Å². The summed E-state index contributed by atoms with van der Waals surface area (Å²) in [6, 6.07) is 9.84. The van der Waals surface area contributed by atoms with Gasteiger partial charge in [-0.2, -0.15) is 0 Å². The van der Waals surface area contributed by atoms with Gasteiger partial charge in [0.05, 0.1) is 6.10 Å². The largest absolute Gasteiger partial charge is 0.388 e. The van der Waals surface area contributed by atoms with Crippen molar-refractivity contribution in [3.05, 3.63) is 48.6 Å². The van der Waals surface area contributed by atoms with Crippen LogP contribution in [0.3, 0.4) is 0 Å². The summed E-state index contributed by atoms with van der Waals surface area (Å²) in [4.78, 5) is 0. The highest BCUT2D eigenvalue weighted by Gasteiger charge is 2.16. The molecule has 0 aliphatic rings. The lowest BCUT2D eigenvalue weighted by Gasteiger charge is -2.19. The Morgan fingerprint density at radius 2 is 1.94 bits per heavy atom. The van der Waals surface area contributed by atoms with Gasteiger partial charge in [-0.05, 0) is 12.0 Å². The predicted molar refractivity (Wildman–Crippen MR) is 69.2 cm³/mol. The smallest absolute Gasteiger partial charge is 0.0852 e. The minimum atomic E-state index is -0.407. The van der Waals surface area contributed by atoms with Crippen LogP contribution >= 0.6 is 0 Å². The Kier molecular flexibility index (Phi) is 5.87. The first-order valence-corrected chi connectivity index (χ1v) is 6.15. The van der Waals surface area contributed by atoms with E-state index < -0.39 is 6.10 Å². The van der Waals surface area contributed by atoms with Crippen LogP contribution in [0.1, 0.15) is 44.3 Å². The molecule has 0 saturated carbocycles. The first kappa shape index (κ1) is 13.0. The normalized spacial score (nSPS) is 14.4. The van der Waals surface area contributed by atoms with Gasteiger partial charge in [0.2, 0.25) is 0 Å². The van der Waals surface area contributed by atoms with Crippen LogP contribution in [0.4, 0.5) is 0 Å². The van der Waals surface area contributed by atoms with Crippen LogP contribution in [-0.2, 0) is 0 Å². The van der Waals surface area contributed by atoms with Crippen molar-refractivity contribution in [2.24, 2.45) is 5.92 Å². The summed E-state index contributed by atoms with van der Waals surface area (Å²) in [5.41, 5.74) is 0.990. The molecule has 88 valence electrons. The highest BCUT2D eigenvalue weighted by atomic mass is 16.3. The van der Waals surface area contributed by atoms with Gasteiger partial charge in [-0.1, -0.05) is 62.6 Å². The number of rotatable bonds is 7. The lowest BCUT2D eigenvalue weighted by atomic mass is 9.91. The summed E-state index contributed by atoms with van der Waals surface area (Å²) in [6.45, 7) is 6.02. The Morgan fingerprint density at radius 3 is 2.50 bits per heavy atom. The number of hydrogen-bond donors (Lipinski definition) is 1. The summed E-state index contributed by atoms with van der Waals surface area (Å²) in [7, 11) is 0. The Labute approximate surface area is 98.8 Å². The van der Waals surface area contributed by atoms with Crippen LogP contribution in [0.2, 0.25) is 0 Å². The van der Waals surface area contributed by atoms with E-state index in [1.165, 1.54) is 12.8 Å². The fraction of sp³-hybridized carbons (Fsp3) is 0.467. The van der Waals surface area contributed by atoms with Gasteiger partial charge in [-0.25, -0.2) is 0 Å². The molecule has 0 fully saturated rings. The fourth-order valence-electron chi connectivity index (χ4n) is 1.93. The van der Waals surface area contributed by atoms with E-state index in [9.17, 15) is 5.11 Å². The van der Waals surface area contributed by atoms with E-state index in [1.54, 1.807) is 0 Å². The molecule has 0 aromatic heterocycles. The summed E-state index contributed by atoms with van der Waals surface area (Å²) < 4.78 is 0. The van der Waals surface area contributed by atoms with Gasteiger partial charge in [0.25, 0.3) is 0 Å². The number of unbranched alkanes of at least 4 members (excludes halogenated alkanes) is 2. The van der Waals surface area contributed by atoms with Crippen molar-refractivity contribution in [3.8, 4) is 0 Å². The summed E-state index contributed by atoms with van der Waals surface area (Å²) in [6.07, 6.45) is 6.10. The minimum Gasteiger partial charge on any atom is -0.388 e. The fourth-order valence-corrected chi connectivity index (χ4v) is 1.93. The molecule has 0 saturated heterocycles. The second kappa shape index (κ2) is 7.24. The Morgan fingerprint density at radius 1 is 1.25 bits per heavy atom. The number of aliphatic hydroxyl groups excluding tert-OH is 1. The van der Waals surface area contributed by atoms with E-state index in [1.807, 2.05) is 36.4 Å². The third kappa shape index (κ3) is 3.82. The molecule has 0 bridgehead atoms. The van der Waals surface area contributed by atoms with Gasteiger partial charge in [-0.15, -0.1) is 6.58 Å². The lowest BCUT2D eigenvalue weighted by molar-refractivity contribution is 0.125. The Balaban J connectivity index is 2.55. The molecule has 1 nitrogen and oxygen atoms in total. The van der Waals surface area contributed by atoms with Crippen molar-refractivity contribution in [1.29, 1.82) is 0 Å². The van der Waals surface area contributed by atoms with E-state index in [0.717, 1.165) is 18.4 Å². The van der Waals surface area contributed by atoms with Crippen LogP contribution in [-0.4, -0.2) is 5.11 Å². The number of hydrogen-bond acceptors (Lipinski definition) is 1. The summed E-state index contributed by atoms with van der Waals surface area (Å²) in [5.74, 6) is 0.175. The lowest BCUT2D eigenvalue weighted by Crippen LogP contribution is -2.10. The van der Waals surface area contributed by atoms with E-state index >= 15 is 0 Å². The molecule has 2 unspecified atom stereocenters. The van der Waals surface area contributed by atoms with E-state index in [4.69, 9.17) is 0 Å². The van der Waals surface area contributed by atoms with Gasteiger partial charge in [0.15, 0.2) is 0 Å². The molecule has 0 radical (unpaired) electrons. The molecule has 16 heavy (non-hydrogen) atoms. The highest BCUT2D eigenvalue weighted by Crippen LogP contribution is 2.27. The molecule has 2 atom stereocenters. The molecule has 0 aliphatic heterocycles. The number of benzene rings is 1. The van der Waals surface area contributed by atoms with Gasteiger partial charge < -0.3 is 5.11 Å². The first-order valence-electron chi connectivity index (χ1n) is 6.15. The first-order chi connectivity index (χ1) is 7.79. The molecule has 1 aromatic carbocycles. The maximum atomic E-state index is 10.2.